The van der Waals surface area contributed by atoms with Gasteiger partial charge in [-0.25, -0.2) is 14.8 Å². The lowest BCUT2D eigenvalue weighted by Gasteiger charge is -2.25. The molecule has 0 radical (unpaired) electrons. The fraction of sp³-hybridized carbons (Fsp3) is 0.217. The van der Waals surface area contributed by atoms with Crippen molar-refractivity contribution < 1.29 is 14.6 Å². The van der Waals surface area contributed by atoms with Gasteiger partial charge in [0, 0.05) is 61.3 Å². The lowest BCUT2D eigenvalue weighted by molar-refractivity contribution is 0.139. The van der Waals surface area contributed by atoms with Crippen molar-refractivity contribution in [2.45, 2.75) is 19.6 Å². The number of hydrogen-bond donors (Lipinski definition) is 1. The standard InChI is InChI=1S/C23H21N5O4/c1-26-19-6-9-27(23(30)31)13-18(19)17-4-3-15(11-20(17)26)28-10-5-16(12-22(28)29)32-14-21-24-7-2-8-25-21/h2-5,7-8,10-12H,6,9,13-14H2,1H3,(H,30,31). The molecule has 1 aromatic carbocycles. The minimum Gasteiger partial charge on any atom is -0.485 e. The summed E-state index contributed by atoms with van der Waals surface area (Å²) in [6.45, 7) is 1.03. The maximum Gasteiger partial charge on any atom is 0.407 e. The van der Waals surface area contributed by atoms with Crippen molar-refractivity contribution in [3.63, 3.8) is 0 Å². The van der Waals surface area contributed by atoms with E-state index in [9.17, 15) is 14.7 Å². The van der Waals surface area contributed by atoms with Crippen LogP contribution in [0.2, 0.25) is 0 Å². The molecule has 1 aliphatic rings. The summed E-state index contributed by atoms with van der Waals surface area (Å²) in [6.07, 6.45) is 4.72. The van der Waals surface area contributed by atoms with Crippen molar-refractivity contribution in [2.24, 2.45) is 7.05 Å². The highest BCUT2D eigenvalue weighted by Gasteiger charge is 2.25. The van der Waals surface area contributed by atoms with E-state index in [2.05, 4.69) is 14.5 Å². The highest BCUT2D eigenvalue weighted by Crippen LogP contribution is 2.31. The van der Waals surface area contributed by atoms with Crippen LogP contribution in [0.15, 0.2) is 59.8 Å². The molecular weight excluding hydrogens is 410 g/mol. The first-order chi connectivity index (χ1) is 15.5. The van der Waals surface area contributed by atoms with Crippen LogP contribution in [0.1, 0.15) is 17.1 Å². The molecule has 0 fully saturated rings. The van der Waals surface area contributed by atoms with Gasteiger partial charge in [-0.05, 0) is 24.3 Å². The molecule has 0 bridgehead atoms. The van der Waals surface area contributed by atoms with Crippen LogP contribution in [0.3, 0.4) is 0 Å². The third-order valence-electron chi connectivity index (χ3n) is 5.82. The monoisotopic (exact) mass is 431 g/mol. The SMILES string of the molecule is Cn1c2c(c3ccc(-n4ccc(OCc5ncccn5)cc4=O)cc31)CN(C(=O)O)CC2. The minimum atomic E-state index is -0.906. The lowest BCUT2D eigenvalue weighted by atomic mass is 10.0. The van der Waals surface area contributed by atoms with Crippen LogP contribution in [-0.4, -0.2) is 41.7 Å². The second kappa shape index (κ2) is 7.84. The average molecular weight is 431 g/mol. The zero-order chi connectivity index (χ0) is 22.2. The topological polar surface area (TPSA) is 102 Å². The Kier molecular flexibility index (Phi) is 4.85. The molecule has 0 aliphatic carbocycles. The molecule has 3 aromatic heterocycles. The second-order valence-corrected chi connectivity index (χ2v) is 7.66. The average Bonchev–Trinajstić information content (AvgIpc) is 3.09. The summed E-state index contributed by atoms with van der Waals surface area (Å²) in [4.78, 5) is 33.8. The largest absolute Gasteiger partial charge is 0.485 e. The van der Waals surface area contributed by atoms with Gasteiger partial charge in [0.25, 0.3) is 5.56 Å². The lowest BCUT2D eigenvalue weighted by Crippen LogP contribution is -2.34. The Bertz CT molecular complexity index is 1380. The van der Waals surface area contributed by atoms with Crippen molar-refractivity contribution in [3.05, 3.63) is 82.4 Å². The Hall–Kier alpha value is -4.14. The first-order valence-electron chi connectivity index (χ1n) is 10.2. The molecule has 4 heterocycles. The van der Waals surface area contributed by atoms with Crippen LogP contribution in [0.4, 0.5) is 4.79 Å². The molecule has 1 aliphatic heterocycles. The van der Waals surface area contributed by atoms with Crippen LogP contribution < -0.4 is 10.3 Å². The fourth-order valence-electron chi connectivity index (χ4n) is 4.19. The van der Waals surface area contributed by atoms with E-state index in [4.69, 9.17) is 4.74 Å². The van der Waals surface area contributed by atoms with E-state index in [1.165, 1.54) is 11.0 Å². The van der Waals surface area contributed by atoms with Gasteiger partial charge in [0.1, 0.15) is 12.4 Å². The maximum atomic E-state index is 12.8. The molecule has 0 saturated heterocycles. The Morgan fingerprint density at radius 1 is 1.19 bits per heavy atom. The quantitative estimate of drug-likeness (QED) is 0.533. The third kappa shape index (κ3) is 3.47. The molecule has 9 heteroatoms. The first-order valence-corrected chi connectivity index (χ1v) is 10.2. The van der Waals surface area contributed by atoms with Gasteiger partial charge < -0.3 is 19.3 Å². The van der Waals surface area contributed by atoms with E-state index in [-0.39, 0.29) is 12.2 Å². The maximum absolute atomic E-state index is 12.8. The van der Waals surface area contributed by atoms with Gasteiger partial charge in [0.05, 0.1) is 17.7 Å². The van der Waals surface area contributed by atoms with Gasteiger partial charge in [-0.15, -0.1) is 0 Å². The van der Waals surface area contributed by atoms with E-state index in [0.717, 1.165) is 27.8 Å². The van der Waals surface area contributed by atoms with E-state index in [1.807, 2.05) is 25.2 Å². The number of hydrogen-bond acceptors (Lipinski definition) is 5. The molecule has 0 atom stereocenters. The molecule has 0 saturated carbocycles. The smallest absolute Gasteiger partial charge is 0.407 e. The molecule has 0 spiro atoms. The number of ether oxygens (including phenoxy) is 1. The van der Waals surface area contributed by atoms with Gasteiger partial charge in [0.15, 0.2) is 5.82 Å². The van der Waals surface area contributed by atoms with Gasteiger partial charge >= 0.3 is 6.09 Å². The first kappa shape index (κ1) is 19.8. The number of fused-ring (bicyclic) bond motifs is 3. The Balaban J connectivity index is 1.44. The van der Waals surface area contributed by atoms with E-state index in [1.54, 1.807) is 35.3 Å². The molecule has 162 valence electrons. The van der Waals surface area contributed by atoms with Crippen molar-refractivity contribution in [1.29, 1.82) is 0 Å². The summed E-state index contributed by atoms with van der Waals surface area (Å²) in [5, 5.41) is 10.4. The molecule has 5 rings (SSSR count). The highest BCUT2D eigenvalue weighted by atomic mass is 16.5. The number of amides is 1. The number of nitrogens with zero attached hydrogens (tertiary/aromatic N) is 5. The van der Waals surface area contributed by atoms with Crippen molar-refractivity contribution in [1.82, 2.24) is 24.0 Å². The van der Waals surface area contributed by atoms with E-state index >= 15 is 0 Å². The van der Waals surface area contributed by atoms with Crippen LogP contribution >= 0.6 is 0 Å². The van der Waals surface area contributed by atoms with Crippen molar-refractivity contribution in [3.8, 4) is 11.4 Å². The number of rotatable bonds is 4. The summed E-state index contributed by atoms with van der Waals surface area (Å²) in [5.41, 5.74) is 3.64. The van der Waals surface area contributed by atoms with Crippen molar-refractivity contribution >= 4 is 17.0 Å². The predicted octanol–water partition coefficient (Wildman–Crippen LogP) is 2.73. The Morgan fingerprint density at radius 2 is 2.00 bits per heavy atom. The van der Waals surface area contributed by atoms with Crippen LogP contribution in [-0.2, 0) is 26.6 Å². The number of aryl methyl sites for hydroxylation is 1. The molecule has 32 heavy (non-hydrogen) atoms. The van der Waals surface area contributed by atoms with Gasteiger partial charge in [-0.3, -0.25) is 9.36 Å². The number of aromatic nitrogens is 4. The normalized spacial score (nSPS) is 13.2. The van der Waals surface area contributed by atoms with E-state index < -0.39 is 6.09 Å². The number of pyridine rings is 1. The second-order valence-electron chi connectivity index (χ2n) is 7.66. The van der Waals surface area contributed by atoms with Gasteiger partial charge in [0.2, 0.25) is 0 Å². The van der Waals surface area contributed by atoms with Crippen LogP contribution in [0, 0.1) is 0 Å². The zero-order valence-corrected chi connectivity index (χ0v) is 17.4. The highest BCUT2D eigenvalue weighted by molar-refractivity contribution is 5.88. The summed E-state index contributed by atoms with van der Waals surface area (Å²) >= 11 is 0. The summed E-state index contributed by atoms with van der Waals surface area (Å²) < 4.78 is 9.29. The van der Waals surface area contributed by atoms with Crippen LogP contribution in [0.5, 0.6) is 5.75 Å². The summed E-state index contributed by atoms with van der Waals surface area (Å²) in [6, 6.07) is 10.7. The Labute approximate surface area is 183 Å². The molecule has 1 amide bonds. The Morgan fingerprint density at radius 3 is 2.75 bits per heavy atom. The molecule has 1 N–H and O–H groups in total. The van der Waals surface area contributed by atoms with Gasteiger partial charge in [-0.1, -0.05) is 6.07 Å². The van der Waals surface area contributed by atoms with Crippen LogP contribution in [0.25, 0.3) is 16.6 Å². The minimum absolute atomic E-state index is 0.179. The van der Waals surface area contributed by atoms with E-state index in [0.29, 0.717) is 31.1 Å². The molecule has 9 nitrogen and oxygen atoms in total. The summed E-state index contributed by atoms with van der Waals surface area (Å²) in [5.74, 6) is 0.985. The number of carbonyl (C=O) groups is 1. The summed E-state index contributed by atoms with van der Waals surface area (Å²) in [7, 11) is 1.98. The number of benzene rings is 1. The predicted molar refractivity (Wildman–Crippen MR) is 117 cm³/mol. The zero-order valence-electron chi connectivity index (χ0n) is 17.4. The number of carboxylic acid groups (broad SMARTS) is 1. The van der Waals surface area contributed by atoms with Gasteiger partial charge in [-0.2, -0.15) is 0 Å². The molecule has 0 unspecified atom stereocenters. The fourth-order valence-corrected chi connectivity index (χ4v) is 4.19. The molecule has 4 aromatic rings. The van der Waals surface area contributed by atoms with Crippen molar-refractivity contribution in [2.75, 3.05) is 6.54 Å². The third-order valence-corrected chi connectivity index (χ3v) is 5.82. The molecular formula is C23H21N5O4.